The van der Waals surface area contributed by atoms with Gasteiger partial charge in [-0.25, -0.2) is 0 Å². The molecule has 0 aromatic heterocycles. The van der Waals surface area contributed by atoms with Crippen LogP contribution in [0.4, 0.5) is 0 Å². The lowest BCUT2D eigenvalue weighted by atomic mass is 9.95. The Kier molecular flexibility index (Phi) is 6.56. The van der Waals surface area contributed by atoms with E-state index in [2.05, 4.69) is 11.2 Å². The highest BCUT2D eigenvalue weighted by molar-refractivity contribution is 8.02. The molecule has 0 atom stereocenters. The lowest BCUT2D eigenvalue weighted by Gasteiger charge is -2.40. The van der Waals surface area contributed by atoms with E-state index in [0.29, 0.717) is 11.5 Å². The van der Waals surface area contributed by atoms with Crippen LogP contribution in [0.5, 0.6) is 0 Å². The van der Waals surface area contributed by atoms with Crippen molar-refractivity contribution in [2.45, 2.75) is 31.4 Å². The van der Waals surface area contributed by atoms with E-state index in [1.807, 2.05) is 18.7 Å². The standard InChI is InChI=1S/C13H25N3OS2/c1-4-16(5-2)11(17)10-15-8-6-13(19-3,7-9-15)12(14)18/h4-10H2,1-3H3,(H2,14,18). The first-order valence-electron chi connectivity index (χ1n) is 6.84. The van der Waals surface area contributed by atoms with Crippen LogP contribution in [0, 0.1) is 0 Å². The Labute approximate surface area is 126 Å². The van der Waals surface area contributed by atoms with Gasteiger partial charge in [-0.15, -0.1) is 0 Å². The molecule has 0 unspecified atom stereocenters. The van der Waals surface area contributed by atoms with E-state index in [9.17, 15) is 4.79 Å². The summed E-state index contributed by atoms with van der Waals surface area (Å²) < 4.78 is -0.0654. The van der Waals surface area contributed by atoms with Gasteiger partial charge in [0, 0.05) is 26.2 Å². The molecule has 0 radical (unpaired) electrons. The fourth-order valence-electron chi connectivity index (χ4n) is 2.49. The Morgan fingerprint density at radius 1 is 1.37 bits per heavy atom. The van der Waals surface area contributed by atoms with Crippen molar-refractivity contribution in [3.8, 4) is 0 Å². The highest BCUT2D eigenvalue weighted by atomic mass is 32.2. The number of carbonyl (C=O) groups excluding carboxylic acids is 1. The number of nitrogens with zero attached hydrogens (tertiary/aromatic N) is 2. The number of likely N-dealkylation sites (tertiary alicyclic amines) is 1. The molecule has 1 saturated heterocycles. The van der Waals surface area contributed by atoms with Crippen LogP contribution < -0.4 is 5.73 Å². The fraction of sp³-hybridized carbons (Fsp3) is 0.846. The number of carbonyl (C=O) groups is 1. The second-order valence-electron chi connectivity index (χ2n) is 4.90. The molecule has 19 heavy (non-hydrogen) atoms. The number of hydrogen-bond donors (Lipinski definition) is 1. The molecule has 1 amide bonds. The zero-order chi connectivity index (χ0) is 14.5. The van der Waals surface area contributed by atoms with Crippen molar-refractivity contribution in [2.24, 2.45) is 5.73 Å². The second kappa shape index (κ2) is 7.45. The predicted octanol–water partition coefficient (Wildman–Crippen LogP) is 1.34. The molecular weight excluding hydrogens is 278 g/mol. The van der Waals surface area contributed by atoms with Crippen LogP contribution in [-0.2, 0) is 4.79 Å². The summed E-state index contributed by atoms with van der Waals surface area (Å²) in [5.74, 6) is 0.219. The fourth-order valence-corrected chi connectivity index (χ4v) is 3.74. The van der Waals surface area contributed by atoms with Crippen LogP contribution in [0.15, 0.2) is 0 Å². The van der Waals surface area contributed by atoms with E-state index in [-0.39, 0.29) is 10.7 Å². The van der Waals surface area contributed by atoms with Gasteiger partial charge in [-0.05, 0) is 32.9 Å². The number of rotatable bonds is 6. The summed E-state index contributed by atoms with van der Waals surface area (Å²) in [5.41, 5.74) is 5.87. The van der Waals surface area contributed by atoms with Crippen LogP contribution in [0.1, 0.15) is 26.7 Å². The number of thioether (sulfide) groups is 1. The zero-order valence-corrected chi connectivity index (χ0v) is 13.8. The summed E-state index contributed by atoms with van der Waals surface area (Å²) in [6.07, 6.45) is 3.94. The molecule has 4 nitrogen and oxygen atoms in total. The van der Waals surface area contributed by atoms with E-state index in [4.69, 9.17) is 18.0 Å². The van der Waals surface area contributed by atoms with Gasteiger partial charge in [-0.2, -0.15) is 11.8 Å². The largest absolute Gasteiger partial charge is 0.392 e. The second-order valence-corrected chi connectivity index (χ2v) is 6.53. The van der Waals surface area contributed by atoms with Crippen molar-refractivity contribution in [3.63, 3.8) is 0 Å². The van der Waals surface area contributed by atoms with Gasteiger partial charge in [0.1, 0.15) is 0 Å². The molecule has 6 heteroatoms. The smallest absolute Gasteiger partial charge is 0.236 e. The molecule has 0 aromatic rings. The Balaban J connectivity index is 2.50. The molecule has 2 N–H and O–H groups in total. The topological polar surface area (TPSA) is 49.6 Å². The summed E-state index contributed by atoms with van der Waals surface area (Å²) in [5, 5.41) is 0. The van der Waals surface area contributed by atoms with Crippen LogP contribution in [0.25, 0.3) is 0 Å². The van der Waals surface area contributed by atoms with Crippen molar-refractivity contribution in [1.29, 1.82) is 0 Å². The summed E-state index contributed by atoms with van der Waals surface area (Å²) in [4.78, 5) is 16.8. The van der Waals surface area contributed by atoms with Crippen LogP contribution in [0.3, 0.4) is 0 Å². The van der Waals surface area contributed by atoms with Gasteiger partial charge in [-0.1, -0.05) is 12.2 Å². The third-order valence-electron chi connectivity index (χ3n) is 3.98. The molecule has 0 spiro atoms. The Bertz CT molecular complexity index is 324. The SMILES string of the molecule is CCN(CC)C(=O)CN1CCC(SC)(C(N)=S)CC1. The summed E-state index contributed by atoms with van der Waals surface area (Å²) in [7, 11) is 0. The maximum atomic E-state index is 12.1. The third kappa shape index (κ3) is 4.07. The van der Waals surface area contributed by atoms with Gasteiger partial charge in [0.15, 0.2) is 0 Å². The number of thiocarbonyl (C=S) groups is 1. The number of likely N-dealkylation sites (N-methyl/N-ethyl adjacent to an activating group) is 1. The molecule has 0 saturated carbocycles. The highest BCUT2D eigenvalue weighted by Crippen LogP contribution is 2.34. The van der Waals surface area contributed by atoms with Crippen LogP contribution in [-0.4, -0.2) is 64.4 Å². The van der Waals surface area contributed by atoms with Crippen molar-refractivity contribution in [2.75, 3.05) is 39.0 Å². The first-order chi connectivity index (χ1) is 8.99. The van der Waals surface area contributed by atoms with E-state index in [1.165, 1.54) is 0 Å². The molecular formula is C13H25N3OS2. The molecule has 1 aliphatic rings. The number of hydrogen-bond acceptors (Lipinski definition) is 4. The van der Waals surface area contributed by atoms with Crippen molar-refractivity contribution in [3.05, 3.63) is 0 Å². The Morgan fingerprint density at radius 2 is 1.89 bits per heavy atom. The number of piperidine rings is 1. The molecule has 0 aromatic carbocycles. The monoisotopic (exact) mass is 303 g/mol. The average molecular weight is 303 g/mol. The van der Waals surface area contributed by atoms with Crippen molar-refractivity contribution in [1.82, 2.24) is 9.80 Å². The molecule has 0 aliphatic carbocycles. The van der Waals surface area contributed by atoms with Crippen LogP contribution in [0.2, 0.25) is 0 Å². The average Bonchev–Trinajstić information content (AvgIpc) is 2.41. The third-order valence-corrected chi connectivity index (χ3v) is 5.91. The summed E-state index contributed by atoms with van der Waals surface area (Å²) in [6.45, 7) is 7.90. The van der Waals surface area contributed by atoms with Gasteiger partial charge in [-0.3, -0.25) is 9.69 Å². The Hall–Kier alpha value is -0.330. The predicted molar refractivity (Wildman–Crippen MR) is 86.6 cm³/mol. The lowest BCUT2D eigenvalue weighted by molar-refractivity contribution is -0.132. The number of amides is 1. The Morgan fingerprint density at radius 3 is 2.26 bits per heavy atom. The van der Waals surface area contributed by atoms with E-state index in [1.54, 1.807) is 11.8 Å². The maximum Gasteiger partial charge on any atom is 0.236 e. The maximum absolute atomic E-state index is 12.1. The normalized spacial score (nSPS) is 19.1. The van der Waals surface area contributed by atoms with Gasteiger partial charge in [0.05, 0.1) is 16.3 Å². The van der Waals surface area contributed by atoms with Gasteiger partial charge in [0.2, 0.25) is 5.91 Å². The van der Waals surface area contributed by atoms with Crippen molar-refractivity contribution < 1.29 is 4.79 Å². The zero-order valence-electron chi connectivity index (χ0n) is 12.1. The molecule has 1 fully saturated rings. The first-order valence-corrected chi connectivity index (χ1v) is 8.47. The quantitative estimate of drug-likeness (QED) is 0.751. The minimum absolute atomic E-state index is 0.0654. The molecule has 1 aliphatic heterocycles. The van der Waals surface area contributed by atoms with Crippen molar-refractivity contribution >= 4 is 34.9 Å². The van der Waals surface area contributed by atoms with Gasteiger partial charge in [0.25, 0.3) is 0 Å². The number of nitrogens with two attached hydrogens (primary N) is 1. The molecule has 1 heterocycles. The lowest BCUT2D eigenvalue weighted by Crippen LogP contribution is -2.51. The van der Waals surface area contributed by atoms with Gasteiger partial charge < -0.3 is 10.6 Å². The minimum Gasteiger partial charge on any atom is -0.392 e. The van der Waals surface area contributed by atoms with Gasteiger partial charge >= 0.3 is 0 Å². The summed E-state index contributed by atoms with van der Waals surface area (Å²) in [6, 6.07) is 0. The molecule has 0 bridgehead atoms. The molecule has 110 valence electrons. The van der Waals surface area contributed by atoms with Crippen LogP contribution >= 0.6 is 24.0 Å². The van der Waals surface area contributed by atoms with E-state index in [0.717, 1.165) is 39.0 Å². The van der Waals surface area contributed by atoms with E-state index >= 15 is 0 Å². The molecule has 1 rings (SSSR count). The highest BCUT2D eigenvalue weighted by Gasteiger charge is 2.37. The minimum atomic E-state index is -0.0654. The van der Waals surface area contributed by atoms with E-state index < -0.39 is 0 Å². The first kappa shape index (κ1) is 16.7. The summed E-state index contributed by atoms with van der Waals surface area (Å²) >= 11 is 6.94.